The first-order valence-electron chi connectivity index (χ1n) is 30.7. The van der Waals surface area contributed by atoms with Gasteiger partial charge in [0.15, 0.2) is 0 Å². The number of hydrogen-bond donors (Lipinski definition) is 0. The second-order valence-corrected chi connectivity index (χ2v) is 23.7. The summed E-state index contributed by atoms with van der Waals surface area (Å²) in [4.78, 5) is 2.50. The van der Waals surface area contributed by atoms with Crippen LogP contribution in [-0.2, 0) is 10.8 Å². The molecule has 0 unspecified atom stereocenters. The molecule has 0 saturated heterocycles. The van der Waals surface area contributed by atoms with Crippen molar-refractivity contribution in [3.05, 3.63) is 384 Å². The van der Waals surface area contributed by atoms with Crippen molar-refractivity contribution in [3.8, 4) is 72.4 Å². The largest absolute Gasteiger partial charge is 0.310 e. The zero-order chi connectivity index (χ0) is 57.9. The van der Waals surface area contributed by atoms with Crippen LogP contribution in [0.15, 0.2) is 340 Å². The van der Waals surface area contributed by atoms with E-state index in [4.69, 9.17) is 0 Å². The van der Waals surface area contributed by atoms with Crippen LogP contribution in [0, 0.1) is 0 Å². The number of nitrogens with zero attached hydrogens (tertiary/aromatic N) is 2. The molecule has 88 heavy (non-hydrogen) atoms. The number of anilines is 3. The summed E-state index contributed by atoms with van der Waals surface area (Å²) in [6, 6.07) is 127. The van der Waals surface area contributed by atoms with E-state index >= 15 is 0 Å². The third-order valence-electron chi connectivity index (χ3n) is 19.5. The van der Waals surface area contributed by atoms with Crippen molar-refractivity contribution in [2.24, 2.45) is 0 Å². The van der Waals surface area contributed by atoms with Crippen LogP contribution in [0.2, 0.25) is 0 Å². The fourth-order valence-electron chi connectivity index (χ4n) is 16.0. The first kappa shape index (κ1) is 50.0. The van der Waals surface area contributed by atoms with E-state index in [2.05, 4.69) is 349 Å². The summed E-state index contributed by atoms with van der Waals surface area (Å²) in [5.41, 5.74) is 30.7. The summed E-state index contributed by atoms with van der Waals surface area (Å²) in [6.45, 7) is 0. The molecule has 0 N–H and O–H groups in total. The van der Waals surface area contributed by atoms with Gasteiger partial charge < -0.3 is 9.47 Å². The minimum absolute atomic E-state index is 0.499. The number of benzene rings is 14. The second kappa shape index (κ2) is 19.6. The number of aromatic nitrogens is 1. The lowest BCUT2D eigenvalue weighted by Gasteiger charge is -2.34. The molecule has 0 bridgehead atoms. The van der Waals surface area contributed by atoms with Crippen LogP contribution in [0.1, 0.15) is 44.5 Å². The standard InChI is InChI=1S/C86H56N2/c1-4-25-57(26-5-1)58-47-50-62(51-48-58)87(63-52-54-69-68-35-14-20-41-76(68)86(79(69)56-63)74-39-18-12-33-66(74)67-34-13-19-40-75(67)86)80-44-22-16-36-70(80)65-32-11-10-31-64(65)59-49-53-72-71-37-17-23-45-81(71)88(83(72)55-59)82-46-24-43-78-84(82)73-38-15-21-42-77(73)85(78,60-27-6-2-7-28-60)61-29-8-3-9-30-61/h1-56H. The van der Waals surface area contributed by atoms with Gasteiger partial charge in [0, 0.05) is 33.3 Å². The van der Waals surface area contributed by atoms with Gasteiger partial charge in [-0.2, -0.15) is 0 Å². The van der Waals surface area contributed by atoms with Crippen molar-refractivity contribution in [2.75, 3.05) is 4.90 Å². The lowest BCUT2D eigenvalue weighted by molar-refractivity contribution is 0.768. The summed E-state index contributed by atoms with van der Waals surface area (Å²) < 4.78 is 2.55. The zero-order valence-corrected chi connectivity index (χ0v) is 48.2. The van der Waals surface area contributed by atoms with Crippen LogP contribution in [0.5, 0.6) is 0 Å². The van der Waals surface area contributed by atoms with E-state index in [0.717, 1.165) is 44.8 Å². The third-order valence-corrected chi connectivity index (χ3v) is 19.5. The molecule has 0 saturated carbocycles. The van der Waals surface area contributed by atoms with E-state index in [1.165, 1.54) is 111 Å². The molecule has 0 radical (unpaired) electrons. The molecule has 14 aromatic carbocycles. The van der Waals surface area contributed by atoms with Crippen molar-refractivity contribution >= 4 is 38.9 Å². The lowest BCUT2D eigenvalue weighted by atomic mass is 9.68. The predicted octanol–water partition coefficient (Wildman–Crippen LogP) is 22.0. The molecule has 1 aromatic heterocycles. The molecule has 18 rings (SSSR count). The minimum Gasteiger partial charge on any atom is -0.310 e. The Morgan fingerprint density at radius 2 is 0.693 bits per heavy atom. The Labute approximate surface area is 512 Å². The number of rotatable bonds is 9. The van der Waals surface area contributed by atoms with E-state index in [1.807, 2.05) is 0 Å². The molecule has 0 fully saturated rings. The topological polar surface area (TPSA) is 8.17 Å². The molecule has 2 heteroatoms. The maximum atomic E-state index is 2.55. The average Bonchev–Trinajstić information content (AvgIpc) is 1.53. The highest BCUT2D eigenvalue weighted by Gasteiger charge is 2.52. The maximum absolute atomic E-state index is 2.55. The number of hydrogen-bond acceptors (Lipinski definition) is 1. The highest BCUT2D eigenvalue weighted by Crippen LogP contribution is 2.64. The van der Waals surface area contributed by atoms with E-state index < -0.39 is 10.8 Å². The lowest BCUT2D eigenvalue weighted by Crippen LogP contribution is -2.28. The molecular weight excluding hydrogens is 1060 g/mol. The van der Waals surface area contributed by atoms with Crippen LogP contribution in [0.3, 0.4) is 0 Å². The van der Waals surface area contributed by atoms with Gasteiger partial charge in [0.25, 0.3) is 0 Å². The van der Waals surface area contributed by atoms with E-state index in [-0.39, 0.29) is 0 Å². The molecular formula is C86H56N2. The van der Waals surface area contributed by atoms with Gasteiger partial charge in [-0.05, 0) is 149 Å². The quantitative estimate of drug-likeness (QED) is 0.140. The SMILES string of the molecule is c1ccc(-c2ccc(N(c3ccc4c(c3)C3(c5ccccc5-c5ccccc53)c3ccccc3-4)c3ccccc3-c3ccccc3-c3ccc4c5ccccc5n(-c5cccc6c5-c5ccccc5C6(c5ccccc5)c5ccccc5)c4c3)cc2)cc1. The summed E-state index contributed by atoms with van der Waals surface area (Å²) in [6.07, 6.45) is 0. The molecule has 1 spiro atoms. The van der Waals surface area contributed by atoms with Gasteiger partial charge in [-0.3, -0.25) is 0 Å². The Hall–Kier alpha value is -11.3. The van der Waals surface area contributed by atoms with Gasteiger partial charge in [0.05, 0.1) is 33.2 Å². The summed E-state index contributed by atoms with van der Waals surface area (Å²) in [5.74, 6) is 0. The monoisotopic (exact) mass is 1120 g/mol. The maximum Gasteiger partial charge on any atom is 0.0726 e. The Balaban J connectivity index is 0.837. The van der Waals surface area contributed by atoms with Gasteiger partial charge in [-0.25, -0.2) is 0 Å². The molecule has 0 aliphatic heterocycles. The fraction of sp³-hybridized carbons (Fsp3) is 0.0233. The Kier molecular flexibility index (Phi) is 11.2. The molecule has 0 amide bonds. The van der Waals surface area contributed by atoms with Crippen LogP contribution in [0.25, 0.3) is 94.3 Å². The molecule has 3 aliphatic rings. The van der Waals surface area contributed by atoms with Gasteiger partial charge in [-0.1, -0.05) is 291 Å². The molecule has 0 atom stereocenters. The van der Waals surface area contributed by atoms with Crippen molar-refractivity contribution in [2.45, 2.75) is 10.8 Å². The van der Waals surface area contributed by atoms with Crippen LogP contribution >= 0.6 is 0 Å². The van der Waals surface area contributed by atoms with E-state index in [9.17, 15) is 0 Å². The van der Waals surface area contributed by atoms with Crippen molar-refractivity contribution in [3.63, 3.8) is 0 Å². The summed E-state index contributed by atoms with van der Waals surface area (Å²) in [5, 5.41) is 2.44. The highest BCUT2D eigenvalue weighted by molar-refractivity contribution is 6.12. The van der Waals surface area contributed by atoms with Gasteiger partial charge in [-0.15, -0.1) is 0 Å². The predicted molar refractivity (Wildman–Crippen MR) is 365 cm³/mol. The Bertz CT molecular complexity index is 5160. The zero-order valence-electron chi connectivity index (χ0n) is 48.2. The van der Waals surface area contributed by atoms with Crippen molar-refractivity contribution in [1.29, 1.82) is 0 Å². The molecule has 410 valence electrons. The molecule has 15 aromatic rings. The van der Waals surface area contributed by atoms with Gasteiger partial charge >= 0.3 is 0 Å². The normalized spacial score (nSPS) is 13.4. The highest BCUT2D eigenvalue weighted by atomic mass is 15.1. The van der Waals surface area contributed by atoms with E-state index in [1.54, 1.807) is 0 Å². The first-order valence-corrected chi connectivity index (χ1v) is 30.7. The smallest absolute Gasteiger partial charge is 0.0726 e. The van der Waals surface area contributed by atoms with Gasteiger partial charge in [0.1, 0.15) is 0 Å². The minimum atomic E-state index is -0.530. The second-order valence-electron chi connectivity index (χ2n) is 23.7. The number of para-hydroxylation sites is 2. The summed E-state index contributed by atoms with van der Waals surface area (Å²) >= 11 is 0. The molecule has 2 nitrogen and oxygen atoms in total. The van der Waals surface area contributed by atoms with Crippen LogP contribution in [-0.4, -0.2) is 4.57 Å². The Morgan fingerprint density at radius 3 is 1.34 bits per heavy atom. The van der Waals surface area contributed by atoms with Crippen molar-refractivity contribution < 1.29 is 0 Å². The van der Waals surface area contributed by atoms with Crippen LogP contribution in [0.4, 0.5) is 17.1 Å². The van der Waals surface area contributed by atoms with Crippen LogP contribution < -0.4 is 4.90 Å². The third kappa shape index (κ3) is 7.06. The first-order chi connectivity index (χ1) is 43.7. The molecule has 1 heterocycles. The summed E-state index contributed by atoms with van der Waals surface area (Å²) in [7, 11) is 0. The Morgan fingerprint density at radius 1 is 0.239 bits per heavy atom. The van der Waals surface area contributed by atoms with Gasteiger partial charge in [0.2, 0.25) is 0 Å². The number of fused-ring (bicyclic) bond motifs is 16. The van der Waals surface area contributed by atoms with E-state index in [0.29, 0.717) is 0 Å². The fourth-order valence-corrected chi connectivity index (χ4v) is 16.0. The van der Waals surface area contributed by atoms with Crippen molar-refractivity contribution in [1.82, 2.24) is 4.57 Å². The average molecular weight is 1120 g/mol. The molecule has 3 aliphatic carbocycles.